The number of ether oxygens (including phenoxy) is 1. The summed E-state index contributed by atoms with van der Waals surface area (Å²) in [4.78, 5) is 8.07. The number of nitrogens with zero attached hydrogens (tertiary/aromatic N) is 5. The van der Waals surface area contributed by atoms with Gasteiger partial charge in [-0.05, 0) is 44.2 Å². The second-order valence-electron chi connectivity index (χ2n) is 5.47. The van der Waals surface area contributed by atoms with Crippen LogP contribution in [0.1, 0.15) is 18.3 Å². The fourth-order valence-electron chi connectivity index (χ4n) is 2.34. The number of anilines is 1. The van der Waals surface area contributed by atoms with Gasteiger partial charge in [0.15, 0.2) is 0 Å². The van der Waals surface area contributed by atoms with Crippen molar-refractivity contribution in [3.8, 4) is 17.4 Å². The number of hydrogen-bond acceptors (Lipinski definition) is 8. The summed E-state index contributed by atoms with van der Waals surface area (Å²) in [6.45, 7) is 5.44. The molecule has 0 aliphatic rings. The van der Waals surface area contributed by atoms with E-state index >= 15 is 0 Å². The first-order valence-corrected chi connectivity index (χ1v) is 9.34. The zero-order valence-electron chi connectivity index (χ0n) is 14.7. The number of H-pyrrole nitrogens is 1. The van der Waals surface area contributed by atoms with Gasteiger partial charge < -0.3 is 4.74 Å². The van der Waals surface area contributed by atoms with Crippen molar-refractivity contribution in [2.24, 2.45) is 0 Å². The third-order valence-electron chi connectivity index (χ3n) is 3.59. The third-order valence-corrected chi connectivity index (χ3v) is 4.94. The van der Waals surface area contributed by atoms with E-state index in [0.717, 1.165) is 18.2 Å². The number of halogens is 1. The van der Waals surface area contributed by atoms with Crippen LogP contribution in [0, 0.1) is 19.7 Å². The van der Waals surface area contributed by atoms with Crippen LogP contribution in [0.5, 0.6) is 6.01 Å². The second-order valence-corrected chi connectivity index (χ2v) is 7.15. The van der Waals surface area contributed by atoms with Crippen LogP contribution in [0.25, 0.3) is 11.4 Å². The summed E-state index contributed by atoms with van der Waals surface area (Å²) in [6, 6.07) is 3.45. The van der Waals surface area contributed by atoms with Crippen LogP contribution in [-0.2, 0) is 10.0 Å². The van der Waals surface area contributed by atoms with Gasteiger partial charge in [-0.1, -0.05) is 0 Å². The number of hydrogen-bond donors (Lipinski definition) is 2. The Balaban J connectivity index is 1.98. The highest BCUT2D eigenvalue weighted by atomic mass is 32.2. The van der Waals surface area contributed by atoms with E-state index in [1.165, 1.54) is 0 Å². The maximum Gasteiger partial charge on any atom is 0.316 e. The molecule has 0 fully saturated rings. The molecule has 0 unspecified atom stereocenters. The maximum absolute atomic E-state index is 14.0. The van der Waals surface area contributed by atoms with Gasteiger partial charge >= 0.3 is 6.01 Å². The van der Waals surface area contributed by atoms with E-state index in [9.17, 15) is 12.8 Å². The lowest BCUT2D eigenvalue weighted by molar-refractivity contribution is 0.311. The number of aromatic amines is 1. The zero-order chi connectivity index (χ0) is 19.6. The van der Waals surface area contributed by atoms with E-state index in [0.29, 0.717) is 18.0 Å². The van der Waals surface area contributed by atoms with Crippen molar-refractivity contribution in [3.63, 3.8) is 0 Å². The molecule has 0 aliphatic heterocycles. The topological polar surface area (TPSA) is 136 Å². The molecular formula is C15H16FN7O3S. The van der Waals surface area contributed by atoms with Gasteiger partial charge in [0.1, 0.15) is 5.82 Å². The highest BCUT2D eigenvalue weighted by Gasteiger charge is 2.21. The van der Waals surface area contributed by atoms with Gasteiger partial charge in [-0.2, -0.15) is 15.2 Å². The van der Waals surface area contributed by atoms with Crippen LogP contribution >= 0.6 is 0 Å². The molecule has 0 atom stereocenters. The van der Waals surface area contributed by atoms with Crippen molar-refractivity contribution in [3.05, 3.63) is 35.4 Å². The average molecular weight is 393 g/mol. The van der Waals surface area contributed by atoms with Crippen LogP contribution in [0.2, 0.25) is 0 Å². The molecule has 3 aromatic rings. The predicted octanol–water partition coefficient (Wildman–Crippen LogP) is 1.61. The quantitative estimate of drug-likeness (QED) is 0.645. The SMILES string of the molecule is CCOc1nc(C)c(NS(=O)(=O)c2ccc(F)c(-c3nn[nH]n3)c2)c(C)n1. The number of benzene rings is 1. The Morgan fingerprint density at radius 2 is 1.93 bits per heavy atom. The average Bonchev–Trinajstić information content (AvgIpc) is 3.13. The Labute approximate surface area is 154 Å². The van der Waals surface area contributed by atoms with Crippen LogP contribution in [0.3, 0.4) is 0 Å². The molecule has 27 heavy (non-hydrogen) atoms. The minimum atomic E-state index is -4.04. The van der Waals surface area contributed by atoms with Crippen LogP contribution in [-0.4, -0.2) is 45.6 Å². The highest BCUT2D eigenvalue weighted by molar-refractivity contribution is 7.92. The van der Waals surface area contributed by atoms with Crippen molar-refractivity contribution in [2.45, 2.75) is 25.7 Å². The minimum Gasteiger partial charge on any atom is -0.464 e. The Morgan fingerprint density at radius 3 is 2.52 bits per heavy atom. The summed E-state index contributed by atoms with van der Waals surface area (Å²) in [5.74, 6) is -0.728. The first-order chi connectivity index (χ1) is 12.8. The van der Waals surface area contributed by atoms with Gasteiger partial charge in [-0.15, -0.1) is 10.2 Å². The molecule has 12 heteroatoms. The first-order valence-electron chi connectivity index (χ1n) is 7.86. The monoisotopic (exact) mass is 393 g/mol. The summed E-state index contributed by atoms with van der Waals surface area (Å²) in [5.41, 5.74) is 0.928. The Kier molecular flexibility index (Phi) is 4.99. The Bertz CT molecular complexity index is 1050. The molecule has 0 saturated carbocycles. The molecule has 2 aromatic heterocycles. The van der Waals surface area contributed by atoms with Crippen molar-refractivity contribution in [1.29, 1.82) is 0 Å². The van der Waals surface area contributed by atoms with E-state index < -0.39 is 15.8 Å². The zero-order valence-corrected chi connectivity index (χ0v) is 15.5. The Morgan fingerprint density at radius 1 is 1.22 bits per heavy atom. The number of rotatable bonds is 6. The normalized spacial score (nSPS) is 11.4. The predicted molar refractivity (Wildman–Crippen MR) is 93.1 cm³/mol. The smallest absolute Gasteiger partial charge is 0.316 e. The molecule has 2 N–H and O–H groups in total. The number of sulfonamides is 1. The molecule has 1 aromatic carbocycles. The largest absolute Gasteiger partial charge is 0.464 e. The molecule has 0 radical (unpaired) electrons. The molecule has 0 spiro atoms. The maximum atomic E-state index is 14.0. The van der Waals surface area contributed by atoms with Gasteiger partial charge in [0.25, 0.3) is 10.0 Å². The van der Waals surface area contributed by atoms with Crippen molar-refractivity contribution in [2.75, 3.05) is 11.3 Å². The van der Waals surface area contributed by atoms with E-state index in [2.05, 4.69) is 35.3 Å². The lowest BCUT2D eigenvalue weighted by atomic mass is 10.2. The molecule has 0 amide bonds. The minimum absolute atomic E-state index is 0.0543. The summed E-state index contributed by atoms with van der Waals surface area (Å²) >= 11 is 0. The van der Waals surface area contributed by atoms with Gasteiger partial charge in [0.2, 0.25) is 5.82 Å². The van der Waals surface area contributed by atoms with Crippen molar-refractivity contribution in [1.82, 2.24) is 30.6 Å². The second kappa shape index (κ2) is 7.23. The number of tetrazole rings is 1. The van der Waals surface area contributed by atoms with E-state index in [1.807, 2.05) is 0 Å². The van der Waals surface area contributed by atoms with Crippen LogP contribution in [0.15, 0.2) is 23.1 Å². The molecule has 2 heterocycles. The molecule has 3 rings (SSSR count). The first kappa shape index (κ1) is 18.6. The van der Waals surface area contributed by atoms with Crippen LogP contribution < -0.4 is 9.46 Å². The number of aromatic nitrogens is 6. The molecular weight excluding hydrogens is 377 g/mol. The summed E-state index contributed by atoms with van der Waals surface area (Å²) in [7, 11) is -4.04. The van der Waals surface area contributed by atoms with Crippen molar-refractivity contribution < 1.29 is 17.5 Å². The summed E-state index contributed by atoms with van der Waals surface area (Å²) in [6.07, 6.45) is 0. The Hall–Kier alpha value is -3.15. The number of aryl methyl sites for hydroxylation is 2. The molecule has 142 valence electrons. The van der Waals surface area contributed by atoms with E-state index in [1.54, 1.807) is 20.8 Å². The fourth-order valence-corrected chi connectivity index (χ4v) is 3.54. The molecule has 0 saturated heterocycles. The lowest BCUT2D eigenvalue weighted by Crippen LogP contribution is -2.16. The van der Waals surface area contributed by atoms with Gasteiger partial charge in [0, 0.05) is 0 Å². The summed E-state index contributed by atoms with van der Waals surface area (Å²) in [5, 5.41) is 12.9. The van der Waals surface area contributed by atoms with Crippen LogP contribution in [0.4, 0.5) is 10.1 Å². The lowest BCUT2D eigenvalue weighted by Gasteiger charge is -2.14. The number of nitrogens with one attached hydrogen (secondary N) is 2. The summed E-state index contributed by atoms with van der Waals surface area (Å²) < 4.78 is 47.2. The van der Waals surface area contributed by atoms with Gasteiger partial charge in [-0.3, -0.25) is 4.72 Å². The third kappa shape index (κ3) is 3.84. The van der Waals surface area contributed by atoms with E-state index in [4.69, 9.17) is 4.74 Å². The van der Waals surface area contributed by atoms with Gasteiger partial charge in [0.05, 0.1) is 34.1 Å². The highest BCUT2D eigenvalue weighted by Crippen LogP contribution is 2.26. The van der Waals surface area contributed by atoms with Gasteiger partial charge in [-0.25, -0.2) is 12.8 Å². The molecule has 10 nitrogen and oxygen atoms in total. The fraction of sp³-hybridized carbons (Fsp3) is 0.267. The standard InChI is InChI=1S/C15H16FN7O3S/c1-4-26-15-17-8(2)13(9(3)18-15)21-27(24,25)10-5-6-12(16)11(7-10)14-19-22-23-20-14/h5-7,21H,4H2,1-3H3,(H,19,20,22,23). The molecule has 0 aliphatic carbocycles. The molecule has 0 bridgehead atoms. The van der Waals surface area contributed by atoms with E-state index in [-0.39, 0.29) is 28.0 Å². The van der Waals surface area contributed by atoms with Crippen molar-refractivity contribution >= 4 is 15.7 Å².